The molecule has 3 aliphatic rings. The zero-order chi connectivity index (χ0) is 30.5. The van der Waals surface area contributed by atoms with Crippen LogP contribution in [0.3, 0.4) is 0 Å². The van der Waals surface area contributed by atoms with Crippen molar-refractivity contribution in [2.45, 2.75) is 37.5 Å². The van der Waals surface area contributed by atoms with Crippen LogP contribution >= 0.6 is 0 Å². The summed E-state index contributed by atoms with van der Waals surface area (Å²) in [5.74, 6) is -0.0156. The van der Waals surface area contributed by atoms with Gasteiger partial charge in [-0.2, -0.15) is 0 Å². The number of piperazine rings is 1. The third-order valence-corrected chi connectivity index (χ3v) is 8.63. The van der Waals surface area contributed by atoms with Gasteiger partial charge in [0.25, 0.3) is 5.91 Å². The molecule has 0 radical (unpaired) electrons. The molecule has 2 saturated carbocycles. The van der Waals surface area contributed by atoms with Crippen LogP contribution in [-0.4, -0.2) is 79.3 Å². The maximum absolute atomic E-state index is 13.6. The lowest BCUT2D eigenvalue weighted by Crippen LogP contribution is -2.50. The number of tetrazole rings is 1. The van der Waals surface area contributed by atoms with Gasteiger partial charge >= 0.3 is 5.82 Å². The summed E-state index contributed by atoms with van der Waals surface area (Å²) in [6, 6.07) is 19.0. The second kappa shape index (κ2) is 11.1. The predicted molar refractivity (Wildman–Crippen MR) is 159 cm³/mol. The number of halogens is 1. The Morgan fingerprint density at radius 3 is 2.60 bits per heavy atom. The molecule has 1 saturated heterocycles. The van der Waals surface area contributed by atoms with Crippen molar-refractivity contribution in [1.29, 1.82) is 0 Å². The first-order valence-corrected chi connectivity index (χ1v) is 15.2. The molecule has 2 N–H and O–H groups in total. The lowest BCUT2D eigenvalue weighted by atomic mass is 10.0. The van der Waals surface area contributed by atoms with E-state index in [0.717, 1.165) is 24.2 Å². The average Bonchev–Trinajstić information content (AvgIpc) is 3.96. The molecule has 0 bridgehead atoms. The number of hydrogen-bond donors (Lipinski definition) is 2. The lowest BCUT2D eigenvalue weighted by Gasteiger charge is -2.37. The molecule has 13 heteroatoms. The second-order valence-corrected chi connectivity index (χ2v) is 11.9. The fourth-order valence-corrected chi connectivity index (χ4v) is 5.84. The molecule has 228 valence electrons. The summed E-state index contributed by atoms with van der Waals surface area (Å²) in [5.41, 5.74) is 3.62. The van der Waals surface area contributed by atoms with Crippen LogP contribution in [0.2, 0.25) is 0 Å². The minimum Gasteiger partial charge on any atom is -0.436 e. The van der Waals surface area contributed by atoms with Gasteiger partial charge in [0, 0.05) is 43.6 Å². The first kappa shape index (κ1) is 27.5. The van der Waals surface area contributed by atoms with E-state index in [1.165, 1.54) is 0 Å². The van der Waals surface area contributed by atoms with Crippen molar-refractivity contribution in [3.63, 3.8) is 0 Å². The third-order valence-electron chi connectivity index (χ3n) is 8.63. The molecular weight excluding hydrogens is 577 g/mol. The average molecular weight is 609 g/mol. The number of rotatable bonds is 8. The van der Waals surface area contributed by atoms with Gasteiger partial charge in [-0.1, -0.05) is 35.1 Å². The van der Waals surface area contributed by atoms with Crippen LogP contribution < -0.4 is 10.1 Å². The van der Waals surface area contributed by atoms with Crippen LogP contribution in [-0.2, 0) is 4.79 Å². The molecular formula is C32H31FN9O3+. The highest BCUT2D eigenvalue weighted by atomic mass is 19.1. The highest BCUT2D eigenvalue weighted by Gasteiger charge is 2.43. The van der Waals surface area contributed by atoms with Crippen LogP contribution in [0.15, 0.2) is 71.3 Å². The Kier molecular flexibility index (Phi) is 6.81. The number of pyridine rings is 1. The Labute approximate surface area is 257 Å². The van der Waals surface area contributed by atoms with Crippen molar-refractivity contribution in [3.8, 4) is 11.5 Å². The second-order valence-electron chi connectivity index (χ2n) is 11.9. The number of hydrogen-bond acceptors (Lipinski definition) is 8. The minimum atomic E-state index is -1.07. The van der Waals surface area contributed by atoms with Crippen LogP contribution in [0.1, 0.15) is 53.2 Å². The van der Waals surface area contributed by atoms with E-state index in [2.05, 4.69) is 42.6 Å². The molecule has 5 aromatic rings. The molecule has 3 atom stereocenters. The van der Waals surface area contributed by atoms with Gasteiger partial charge in [0.15, 0.2) is 5.58 Å². The van der Waals surface area contributed by atoms with Gasteiger partial charge in [-0.25, -0.2) is 9.37 Å². The number of aromatic amines is 1. The molecule has 2 aromatic carbocycles. The standard InChI is InChI=1S/C32H30FN9O3/c33-24-18-23(24)30(43)35-21-6-9-27-25(17-21)36-31(45-27)20-10-11-34-26(16-20)32(44)41-14-12-40(13-15-41)28(19-4-2-1-3-5-19)29-37-39-42(38-29)22-7-8-22/h1-6,9-11,16-17,22-24,28H,7-8,12-15,18H2,(H,35,43)/p+1/t23-,24+,28?/m1/s1. The first-order valence-electron chi connectivity index (χ1n) is 15.2. The number of nitrogens with zero attached hydrogens (tertiary/aromatic N) is 7. The number of benzene rings is 2. The van der Waals surface area contributed by atoms with E-state index in [1.807, 2.05) is 27.9 Å². The highest BCUT2D eigenvalue weighted by Crippen LogP contribution is 2.35. The normalized spacial score (nSPS) is 20.7. The van der Waals surface area contributed by atoms with Gasteiger partial charge in [-0.3, -0.25) is 19.5 Å². The Hall–Kier alpha value is -5.04. The largest absolute Gasteiger partial charge is 0.436 e. The van der Waals surface area contributed by atoms with E-state index in [4.69, 9.17) is 9.52 Å². The molecule has 1 unspecified atom stereocenters. The summed E-state index contributed by atoms with van der Waals surface area (Å²) in [5, 5.41) is 15.1. The Bertz CT molecular complexity index is 1880. The summed E-state index contributed by atoms with van der Waals surface area (Å²) < 4.78 is 19.2. The molecule has 0 spiro atoms. The number of aromatic nitrogens is 6. The van der Waals surface area contributed by atoms with E-state index in [0.29, 0.717) is 66.2 Å². The van der Waals surface area contributed by atoms with E-state index in [9.17, 15) is 14.0 Å². The van der Waals surface area contributed by atoms with Gasteiger partial charge in [-0.05, 0) is 65.5 Å². The summed E-state index contributed by atoms with van der Waals surface area (Å²) in [6.07, 6.45) is 3.00. The molecule has 12 nitrogen and oxygen atoms in total. The summed E-state index contributed by atoms with van der Waals surface area (Å²) >= 11 is 0. The smallest absolute Gasteiger partial charge is 0.329 e. The number of carbonyl (C=O) groups excluding carboxylic acids is 2. The predicted octanol–water partition coefficient (Wildman–Crippen LogP) is 3.47. The van der Waals surface area contributed by atoms with Gasteiger partial charge in [-0.15, -0.1) is 0 Å². The number of anilines is 1. The fraction of sp³-hybridized carbons (Fsp3) is 0.344. The van der Waals surface area contributed by atoms with Crippen molar-refractivity contribution in [2.75, 3.05) is 31.5 Å². The van der Waals surface area contributed by atoms with Crippen molar-refractivity contribution >= 4 is 28.6 Å². The SMILES string of the molecule is O=C(Nc1ccc2oc(-c3ccnc(C(=O)N4CCN(C(c5ccccc5)c5n[nH][n+](C6CC6)n5)CC4)c3)nc2c1)[C@@H]1C[C@@H]1F. The zero-order valence-corrected chi connectivity index (χ0v) is 24.3. The van der Waals surface area contributed by atoms with Crippen molar-refractivity contribution < 1.29 is 23.2 Å². The number of alkyl halides is 1. The molecule has 3 fully saturated rings. The Morgan fingerprint density at radius 1 is 1.04 bits per heavy atom. The van der Waals surface area contributed by atoms with E-state index < -0.39 is 12.1 Å². The van der Waals surface area contributed by atoms with Crippen LogP contribution in [0.5, 0.6) is 0 Å². The van der Waals surface area contributed by atoms with Gasteiger partial charge < -0.3 is 14.6 Å². The lowest BCUT2D eigenvalue weighted by molar-refractivity contribution is -0.808. The highest BCUT2D eigenvalue weighted by molar-refractivity contribution is 5.96. The van der Waals surface area contributed by atoms with Gasteiger partial charge in [0.1, 0.15) is 29.5 Å². The monoisotopic (exact) mass is 608 g/mol. The van der Waals surface area contributed by atoms with Gasteiger partial charge in [0.05, 0.1) is 11.0 Å². The Balaban J connectivity index is 0.961. The Morgan fingerprint density at radius 2 is 1.84 bits per heavy atom. The maximum Gasteiger partial charge on any atom is 0.329 e. The molecule has 3 aromatic heterocycles. The number of nitrogens with one attached hydrogen (secondary N) is 2. The summed E-state index contributed by atoms with van der Waals surface area (Å²) in [7, 11) is 0. The van der Waals surface area contributed by atoms with Crippen LogP contribution in [0.25, 0.3) is 22.6 Å². The minimum absolute atomic E-state index is 0.122. The summed E-state index contributed by atoms with van der Waals surface area (Å²) in [4.78, 5) is 40.6. The molecule has 2 aliphatic carbocycles. The fourth-order valence-electron chi connectivity index (χ4n) is 5.84. The van der Waals surface area contributed by atoms with E-state index >= 15 is 0 Å². The zero-order valence-electron chi connectivity index (χ0n) is 24.3. The van der Waals surface area contributed by atoms with E-state index in [-0.39, 0.29) is 24.3 Å². The quantitative estimate of drug-likeness (QED) is 0.256. The number of oxazole rings is 1. The molecule has 2 amide bonds. The van der Waals surface area contributed by atoms with Gasteiger partial charge in [0.2, 0.25) is 11.8 Å². The molecule has 45 heavy (non-hydrogen) atoms. The topological polar surface area (TPSA) is 137 Å². The number of H-pyrrole nitrogens is 1. The van der Waals surface area contributed by atoms with Crippen molar-refractivity contribution in [1.82, 2.24) is 35.2 Å². The summed E-state index contributed by atoms with van der Waals surface area (Å²) in [6.45, 7) is 2.37. The van der Waals surface area contributed by atoms with E-state index in [1.54, 1.807) is 36.5 Å². The number of fused-ring (bicyclic) bond motifs is 1. The third kappa shape index (κ3) is 5.55. The molecule has 4 heterocycles. The molecule has 1 aliphatic heterocycles. The molecule has 8 rings (SSSR count). The van der Waals surface area contributed by atoms with Crippen LogP contribution in [0, 0.1) is 5.92 Å². The first-order chi connectivity index (χ1) is 22.0. The van der Waals surface area contributed by atoms with Crippen molar-refractivity contribution in [3.05, 3.63) is 83.9 Å². The maximum atomic E-state index is 13.6. The van der Waals surface area contributed by atoms with Crippen LogP contribution in [0.4, 0.5) is 10.1 Å². The number of amides is 2. The number of carbonyl (C=O) groups is 2. The van der Waals surface area contributed by atoms with Crippen molar-refractivity contribution in [2.24, 2.45) is 5.92 Å².